The van der Waals surface area contributed by atoms with Gasteiger partial charge in [0, 0.05) is 48.3 Å². The van der Waals surface area contributed by atoms with Crippen molar-refractivity contribution in [2.45, 2.75) is 20.8 Å². The predicted octanol–water partition coefficient (Wildman–Crippen LogP) is 5.54. The maximum absolute atomic E-state index is 14.3. The van der Waals surface area contributed by atoms with Crippen LogP contribution in [-0.4, -0.2) is 58.1 Å². The van der Waals surface area contributed by atoms with Crippen molar-refractivity contribution in [1.82, 2.24) is 24.8 Å². The van der Waals surface area contributed by atoms with Crippen LogP contribution >= 0.6 is 22.9 Å². The Morgan fingerprint density at radius 1 is 1.18 bits per heavy atom. The molecule has 1 aromatic carbocycles. The standard InChI is InChI=1S/C30H30ClN5O3S/c1-4-39-27-25(6-5-11-33-27)36-26(16-19(2)3)22(29(37)35-14-12-32-13-15-35)17-23(30(36)38)28-34-24(18-40-28)20-7-9-21(31)10-8-20/h5-11,16-18,32H,4,12-15H2,1-3H3. The number of benzene rings is 1. The van der Waals surface area contributed by atoms with Crippen molar-refractivity contribution < 1.29 is 9.53 Å². The summed E-state index contributed by atoms with van der Waals surface area (Å²) >= 11 is 7.43. The van der Waals surface area contributed by atoms with Crippen LogP contribution in [0.3, 0.4) is 0 Å². The maximum atomic E-state index is 14.3. The first-order valence-electron chi connectivity index (χ1n) is 13.1. The summed E-state index contributed by atoms with van der Waals surface area (Å²) in [5.74, 6) is 0.176. The van der Waals surface area contributed by atoms with E-state index in [-0.39, 0.29) is 11.5 Å². The molecule has 1 aliphatic heterocycles. The quantitative estimate of drug-likeness (QED) is 0.311. The van der Waals surface area contributed by atoms with Gasteiger partial charge in [0.15, 0.2) is 0 Å². The zero-order valence-corrected chi connectivity index (χ0v) is 24.2. The zero-order valence-electron chi connectivity index (χ0n) is 22.6. The molecule has 206 valence electrons. The van der Waals surface area contributed by atoms with E-state index in [0.29, 0.717) is 71.2 Å². The SMILES string of the molecule is CCOc1ncccc1-n1c(C=C(C)C)c(C(=O)N2CCNCC2)cc(-c2nc(-c3ccc(Cl)cc3)cs2)c1=O. The lowest BCUT2D eigenvalue weighted by atomic mass is 10.0. The zero-order chi connectivity index (χ0) is 28.2. The summed E-state index contributed by atoms with van der Waals surface area (Å²) in [7, 11) is 0. The maximum Gasteiger partial charge on any atom is 0.266 e. The molecule has 0 saturated carbocycles. The molecule has 0 bridgehead atoms. The Morgan fingerprint density at radius 2 is 1.93 bits per heavy atom. The van der Waals surface area contributed by atoms with E-state index in [0.717, 1.165) is 16.8 Å². The number of allylic oxidation sites excluding steroid dienone is 1. The number of ether oxygens (including phenoxy) is 1. The number of nitrogens with zero attached hydrogens (tertiary/aromatic N) is 4. The van der Waals surface area contributed by atoms with Gasteiger partial charge < -0.3 is 15.0 Å². The van der Waals surface area contributed by atoms with Crippen LogP contribution in [0.4, 0.5) is 0 Å². The average molecular weight is 576 g/mol. The molecule has 0 radical (unpaired) electrons. The molecule has 10 heteroatoms. The van der Waals surface area contributed by atoms with Gasteiger partial charge >= 0.3 is 0 Å². The van der Waals surface area contributed by atoms with Crippen LogP contribution in [0.25, 0.3) is 33.6 Å². The van der Waals surface area contributed by atoms with Crippen molar-refractivity contribution in [2.24, 2.45) is 0 Å². The summed E-state index contributed by atoms with van der Waals surface area (Å²) in [4.78, 5) is 39.4. The smallest absolute Gasteiger partial charge is 0.266 e. The summed E-state index contributed by atoms with van der Waals surface area (Å²) < 4.78 is 7.36. The Morgan fingerprint density at radius 3 is 2.62 bits per heavy atom. The molecule has 4 heterocycles. The molecule has 8 nitrogen and oxygen atoms in total. The highest BCUT2D eigenvalue weighted by atomic mass is 35.5. The fourth-order valence-corrected chi connectivity index (χ4v) is 5.56. The third-order valence-electron chi connectivity index (χ3n) is 6.45. The van der Waals surface area contributed by atoms with Gasteiger partial charge in [-0.3, -0.25) is 14.2 Å². The molecule has 1 amide bonds. The lowest BCUT2D eigenvalue weighted by Gasteiger charge is -2.29. The molecule has 0 atom stereocenters. The Bertz CT molecular complexity index is 1620. The van der Waals surface area contributed by atoms with Gasteiger partial charge in [-0.1, -0.05) is 29.3 Å². The van der Waals surface area contributed by atoms with Crippen molar-refractivity contribution in [3.8, 4) is 33.4 Å². The molecule has 0 spiro atoms. The third kappa shape index (κ3) is 5.72. The fourth-order valence-electron chi connectivity index (χ4n) is 4.60. The van der Waals surface area contributed by atoms with E-state index >= 15 is 0 Å². The van der Waals surface area contributed by atoms with Gasteiger partial charge in [-0.25, -0.2) is 9.97 Å². The van der Waals surface area contributed by atoms with Crippen LogP contribution in [0.1, 0.15) is 36.8 Å². The highest BCUT2D eigenvalue weighted by Gasteiger charge is 2.27. The van der Waals surface area contributed by atoms with Crippen LogP contribution in [0.5, 0.6) is 5.88 Å². The van der Waals surface area contributed by atoms with E-state index in [1.807, 2.05) is 49.3 Å². The number of halogens is 1. The molecule has 1 aliphatic rings. The molecular formula is C30H30ClN5O3S. The number of carbonyl (C=O) groups excluding carboxylic acids is 1. The molecule has 4 aromatic rings. The second-order valence-corrected chi connectivity index (χ2v) is 10.9. The first-order valence-corrected chi connectivity index (χ1v) is 14.4. The van der Waals surface area contributed by atoms with Crippen LogP contribution in [0.15, 0.2) is 64.4 Å². The van der Waals surface area contributed by atoms with Crippen molar-refractivity contribution >= 4 is 34.9 Å². The minimum atomic E-state index is -0.310. The van der Waals surface area contributed by atoms with Crippen molar-refractivity contribution in [2.75, 3.05) is 32.8 Å². The van der Waals surface area contributed by atoms with Gasteiger partial charge in [-0.2, -0.15) is 0 Å². The van der Waals surface area contributed by atoms with Gasteiger partial charge in [0.1, 0.15) is 10.7 Å². The number of aromatic nitrogens is 3. The number of pyridine rings is 2. The van der Waals surface area contributed by atoms with E-state index in [9.17, 15) is 9.59 Å². The lowest BCUT2D eigenvalue weighted by Crippen LogP contribution is -2.47. The molecule has 0 aliphatic carbocycles. The summed E-state index contributed by atoms with van der Waals surface area (Å²) in [5, 5.41) is 6.35. The number of thiazole rings is 1. The number of hydrogen-bond donors (Lipinski definition) is 1. The molecule has 5 rings (SSSR count). The van der Waals surface area contributed by atoms with E-state index in [2.05, 4.69) is 10.3 Å². The number of amides is 1. The Balaban J connectivity index is 1.77. The fraction of sp³-hybridized carbons (Fsp3) is 0.267. The van der Waals surface area contributed by atoms with Gasteiger partial charge in [0.05, 0.1) is 29.1 Å². The second kappa shape index (κ2) is 12.2. The Hall–Kier alpha value is -3.79. The van der Waals surface area contributed by atoms with Crippen LogP contribution in [0.2, 0.25) is 5.02 Å². The highest BCUT2D eigenvalue weighted by molar-refractivity contribution is 7.13. The van der Waals surface area contributed by atoms with Crippen molar-refractivity contribution in [3.05, 3.63) is 86.2 Å². The minimum Gasteiger partial charge on any atom is -0.476 e. The summed E-state index contributed by atoms with van der Waals surface area (Å²) in [5.41, 5.74) is 3.95. The molecule has 3 aromatic heterocycles. The average Bonchev–Trinajstić information content (AvgIpc) is 3.44. The third-order valence-corrected chi connectivity index (χ3v) is 7.57. The molecule has 1 fully saturated rings. The Kier molecular flexibility index (Phi) is 8.44. The topological polar surface area (TPSA) is 89.3 Å². The summed E-state index contributed by atoms with van der Waals surface area (Å²) in [6.07, 6.45) is 3.49. The van der Waals surface area contributed by atoms with Crippen molar-refractivity contribution in [1.29, 1.82) is 0 Å². The van der Waals surface area contributed by atoms with Crippen molar-refractivity contribution in [3.63, 3.8) is 0 Å². The second-order valence-electron chi connectivity index (χ2n) is 9.57. The summed E-state index contributed by atoms with van der Waals surface area (Å²) in [6, 6.07) is 12.6. The number of hydrogen-bond acceptors (Lipinski definition) is 7. The van der Waals surface area contributed by atoms with Crippen LogP contribution in [-0.2, 0) is 0 Å². The molecule has 40 heavy (non-hydrogen) atoms. The first-order chi connectivity index (χ1) is 19.4. The molecule has 1 saturated heterocycles. The van der Waals surface area contributed by atoms with Gasteiger partial charge in [0.2, 0.25) is 5.88 Å². The summed E-state index contributed by atoms with van der Waals surface area (Å²) in [6.45, 7) is 8.70. The highest BCUT2D eigenvalue weighted by Crippen LogP contribution is 2.31. The van der Waals surface area contributed by atoms with E-state index in [1.54, 1.807) is 41.1 Å². The van der Waals surface area contributed by atoms with Gasteiger partial charge in [-0.15, -0.1) is 11.3 Å². The van der Waals surface area contributed by atoms with Gasteiger partial charge in [-0.05, 0) is 57.2 Å². The number of piperazine rings is 1. The first kappa shape index (κ1) is 27.8. The largest absolute Gasteiger partial charge is 0.476 e. The molecule has 0 unspecified atom stereocenters. The minimum absolute atomic E-state index is 0.139. The lowest BCUT2D eigenvalue weighted by molar-refractivity contribution is 0.0735. The van der Waals surface area contributed by atoms with E-state index < -0.39 is 0 Å². The van der Waals surface area contributed by atoms with E-state index in [4.69, 9.17) is 21.3 Å². The molecule has 1 N–H and O–H groups in total. The number of nitrogens with one attached hydrogen (secondary N) is 1. The monoisotopic (exact) mass is 575 g/mol. The van der Waals surface area contributed by atoms with Crippen LogP contribution < -0.4 is 15.6 Å². The Labute approximate surface area is 241 Å². The molecular weight excluding hydrogens is 546 g/mol. The normalized spacial score (nSPS) is 13.2. The number of rotatable bonds is 7. The van der Waals surface area contributed by atoms with Crippen LogP contribution in [0, 0.1) is 0 Å². The predicted molar refractivity (Wildman–Crippen MR) is 161 cm³/mol. The number of carbonyl (C=O) groups is 1. The van der Waals surface area contributed by atoms with E-state index in [1.165, 1.54) is 11.3 Å². The van der Waals surface area contributed by atoms with Gasteiger partial charge in [0.25, 0.3) is 11.5 Å².